The van der Waals surface area contributed by atoms with Crippen LogP contribution < -0.4 is 16.6 Å². The fourth-order valence-corrected chi connectivity index (χ4v) is 2.85. The first-order chi connectivity index (χ1) is 11.3. The molecule has 0 unspecified atom stereocenters. The number of hydrogen-bond acceptors (Lipinski definition) is 5. The zero-order valence-electron chi connectivity index (χ0n) is 13.4. The molecule has 1 aromatic heterocycles. The highest BCUT2D eigenvalue weighted by atomic mass is 16.6. The van der Waals surface area contributed by atoms with Gasteiger partial charge in [0.1, 0.15) is 12.1 Å². The lowest BCUT2D eigenvalue weighted by atomic mass is 9.87. The van der Waals surface area contributed by atoms with Crippen LogP contribution >= 0.6 is 0 Å². The Morgan fingerprint density at radius 3 is 2.54 bits per heavy atom. The number of amides is 2. The lowest BCUT2D eigenvalue weighted by molar-refractivity contribution is -0.385. The average Bonchev–Trinajstić information content (AvgIpc) is 2.51. The molecule has 1 aliphatic carbocycles. The molecule has 0 radical (unpaired) electrons. The minimum atomic E-state index is -1.07. The van der Waals surface area contributed by atoms with E-state index >= 15 is 0 Å². The molecule has 1 aliphatic rings. The summed E-state index contributed by atoms with van der Waals surface area (Å²) in [6.45, 7) is 1.76. The molecule has 130 valence electrons. The molecule has 1 saturated carbocycles. The van der Waals surface area contributed by atoms with Crippen molar-refractivity contribution in [2.45, 2.75) is 45.2 Å². The van der Waals surface area contributed by atoms with Crippen molar-refractivity contribution in [3.63, 3.8) is 0 Å². The van der Waals surface area contributed by atoms with Gasteiger partial charge in [-0.15, -0.1) is 0 Å². The minimum absolute atomic E-state index is 0.0405. The van der Waals surface area contributed by atoms with Crippen molar-refractivity contribution in [3.05, 3.63) is 38.3 Å². The third kappa shape index (κ3) is 4.18. The van der Waals surface area contributed by atoms with Crippen LogP contribution in [0.4, 0.5) is 5.69 Å². The minimum Gasteiger partial charge on any atom is -0.365 e. The Bertz CT molecular complexity index is 719. The van der Waals surface area contributed by atoms with Gasteiger partial charge in [-0.05, 0) is 31.6 Å². The molecule has 1 aromatic rings. The molecule has 9 nitrogen and oxygen atoms in total. The third-order valence-corrected chi connectivity index (χ3v) is 4.24. The topological polar surface area (TPSA) is 137 Å². The third-order valence-electron chi connectivity index (χ3n) is 4.24. The zero-order valence-corrected chi connectivity index (χ0v) is 13.4. The molecule has 0 aliphatic heterocycles. The van der Waals surface area contributed by atoms with Gasteiger partial charge in [-0.25, -0.2) is 0 Å². The highest BCUT2D eigenvalue weighted by molar-refractivity contribution is 5.93. The molecule has 0 aromatic carbocycles. The van der Waals surface area contributed by atoms with Crippen LogP contribution in [-0.2, 0) is 11.3 Å². The summed E-state index contributed by atoms with van der Waals surface area (Å²) in [4.78, 5) is 45.7. The monoisotopic (exact) mass is 336 g/mol. The van der Waals surface area contributed by atoms with Gasteiger partial charge >= 0.3 is 0 Å². The largest absolute Gasteiger partial charge is 0.365 e. The fourth-order valence-electron chi connectivity index (χ4n) is 2.85. The first-order valence-corrected chi connectivity index (χ1v) is 7.76. The predicted octanol–water partition coefficient (Wildman–Crippen LogP) is 0.550. The highest BCUT2D eigenvalue weighted by Crippen LogP contribution is 2.23. The number of nitrogens with one attached hydrogen (secondary N) is 1. The van der Waals surface area contributed by atoms with Crippen LogP contribution in [0.2, 0.25) is 0 Å². The number of hydrogen-bond donors (Lipinski definition) is 2. The number of aromatic nitrogens is 1. The molecular weight excluding hydrogens is 316 g/mol. The van der Waals surface area contributed by atoms with E-state index in [9.17, 15) is 24.5 Å². The van der Waals surface area contributed by atoms with Gasteiger partial charge in [0.05, 0.1) is 11.1 Å². The molecule has 24 heavy (non-hydrogen) atoms. The second kappa shape index (κ2) is 7.24. The second-order valence-corrected chi connectivity index (χ2v) is 6.19. The smallest absolute Gasteiger partial charge is 0.286 e. The summed E-state index contributed by atoms with van der Waals surface area (Å²) >= 11 is 0. The van der Waals surface area contributed by atoms with Gasteiger partial charge in [0.15, 0.2) is 0 Å². The second-order valence-electron chi connectivity index (χ2n) is 6.19. The first kappa shape index (κ1) is 17.6. The van der Waals surface area contributed by atoms with Crippen LogP contribution in [0, 0.1) is 16.0 Å². The van der Waals surface area contributed by atoms with E-state index in [-0.39, 0.29) is 6.04 Å². The molecule has 0 atom stereocenters. The van der Waals surface area contributed by atoms with E-state index in [0.717, 1.165) is 42.5 Å². The zero-order chi connectivity index (χ0) is 17.9. The summed E-state index contributed by atoms with van der Waals surface area (Å²) in [6.07, 6.45) is 4.71. The number of nitro groups is 1. The van der Waals surface area contributed by atoms with Crippen molar-refractivity contribution >= 4 is 17.5 Å². The van der Waals surface area contributed by atoms with E-state index in [0.29, 0.717) is 5.92 Å². The molecule has 2 rings (SSSR count). The molecule has 0 saturated heterocycles. The summed E-state index contributed by atoms with van der Waals surface area (Å²) in [5.74, 6) is -0.859. The quantitative estimate of drug-likeness (QED) is 0.597. The normalized spacial score (nSPS) is 20.4. The Hall–Kier alpha value is -2.71. The maximum absolute atomic E-state index is 12.1. The Balaban J connectivity index is 2.16. The van der Waals surface area contributed by atoms with E-state index in [4.69, 9.17) is 5.73 Å². The van der Waals surface area contributed by atoms with Crippen molar-refractivity contribution in [3.8, 4) is 0 Å². The molecule has 0 spiro atoms. The number of primary amides is 1. The number of carbonyl (C=O) groups excluding carboxylic acids is 2. The van der Waals surface area contributed by atoms with Crippen molar-refractivity contribution in [1.82, 2.24) is 9.88 Å². The van der Waals surface area contributed by atoms with Crippen LogP contribution in [0.1, 0.15) is 43.0 Å². The van der Waals surface area contributed by atoms with Gasteiger partial charge in [0.2, 0.25) is 5.91 Å². The average molecular weight is 336 g/mol. The van der Waals surface area contributed by atoms with E-state index < -0.39 is 40.1 Å². The van der Waals surface area contributed by atoms with Crippen molar-refractivity contribution in [2.24, 2.45) is 11.7 Å². The first-order valence-electron chi connectivity index (χ1n) is 7.76. The maximum Gasteiger partial charge on any atom is 0.286 e. The van der Waals surface area contributed by atoms with Gasteiger partial charge in [0.25, 0.3) is 17.2 Å². The lowest BCUT2D eigenvalue weighted by Gasteiger charge is -2.27. The van der Waals surface area contributed by atoms with Crippen LogP contribution in [0.3, 0.4) is 0 Å². The molecule has 1 fully saturated rings. The SMILES string of the molecule is CC1CCC(NC(=O)Cn2cc([N+](=O)[O-])cc(C(N)=O)c2=O)CC1. The number of pyridine rings is 1. The molecule has 9 heteroatoms. The van der Waals surface area contributed by atoms with Crippen LogP contribution in [0.5, 0.6) is 0 Å². The Morgan fingerprint density at radius 2 is 2.00 bits per heavy atom. The van der Waals surface area contributed by atoms with E-state index in [1.165, 1.54) is 0 Å². The Kier molecular flexibility index (Phi) is 5.32. The standard InChI is InChI=1S/C15H20N4O5/c1-9-2-4-10(5-3-9)17-13(20)8-18-7-11(19(23)24)6-12(14(16)21)15(18)22/h6-7,9-10H,2-5,8H2,1H3,(H2,16,21)(H,17,20). The van der Waals surface area contributed by atoms with Crippen LogP contribution in [0.15, 0.2) is 17.1 Å². The van der Waals surface area contributed by atoms with E-state index in [2.05, 4.69) is 12.2 Å². The van der Waals surface area contributed by atoms with Gasteiger partial charge in [0, 0.05) is 12.1 Å². The number of nitrogens with zero attached hydrogens (tertiary/aromatic N) is 2. The van der Waals surface area contributed by atoms with Gasteiger partial charge < -0.3 is 11.1 Å². The van der Waals surface area contributed by atoms with Crippen molar-refractivity contribution < 1.29 is 14.5 Å². The Labute approximate surface area is 138 Å². The molecular formula is C15H20N4O5. The van der Waals surface area contributed by atoms with Gasteiger partial charge in [-0.1, -0.05) is 6.92 Å². The van der Waals surface area contributed by atoms with Crippen molar-refractivity contribution in [1.29, 1.82) is 0 Å². The number of rotatable bonds is 5. The molecule has 0 bridgehead atoms. The van der Waals surface area contributed by atoms with Crippen molar-refractivity contribution in [2.75, 3.05) is 0 Å². The van der Waals surface area contributed by atoms with Crippen LogP contribution in [0.25, 0.3) is 0 Å². The van der Waals surface area contributed by atoms with E-state index in [1.54, 1.807) is 0 Å². The summed E-state index contributed by atoms with van der Waals surface area (Å²) in [7, 11) is 0. The fraction of sp³-hybridized carbons (Fsp3) is 0.533. The number of nitrogens with two attached hydrogens (primary N) is 1. The maximum atomic E-state index is 12.1. The summed E-state index contributed by atoms with van der Waals surface area (Å²) < 4.78 is 0.846. The Morgan fingerprint density at radius 1 is 1.38 bits per heavy atom. The molecule has 1 heterocycles. The predicted molar refractivity (Wildman–Crippen MR) is 85.4 cm³/mol. The number of carbonyl (C=O) groups is 2. The lowest BCUT2D eigenvalue weighted by Crippen LogP contribution is -2.41. The van der Waals surface area contributed by atoms with Gasteiger partial charge in [-0.2, -0.15) is 0 Å². The summed E-state index contributed by atoms with van der Waals surface area (Å²) in [5.41, 5.74) is 3.27. The van der Waals surface area contributed by atoms with Crippen LogP contribution in [-0.4, -0.2) is 27.3 Å². The molecule has 3 N–H and O–H groups in total. The summed E-state index contributed by atoms with van der Waals surface area (Å²) in [6, 6.07) is 0.862. The highest BCUT2D eigenvalue weighted by Gasteiger charge is 2.22. The molecule has 2 amide bonds. The van der Waals surface area contributed by atoms with E-state index in [1.807, 2.05) is 0 Å². The summed E-state index contributed by atoms with van der Waals surface area (Å²) in [5, 5.41) is 13.7. The van der Waals surface area contributed by atoms with Gasteiger partial charge in [-0.3, -0.25) is 29.1 Å².